The summed E-state index contributed by atoms with van der Waals surface area (Å²) < 4.78 is 19.5. The van der Waals surface area contributed by atoms with Gasteiger partial charge in [0.15, 0.2) is 16.7 Å². The van der Waals surface area contributed by atoms with Gasteiger partial charge in [0.1, 0.15) is 16.3 Å². The normalized spacial score (nSPS) is 20.8. The number of nitrogens with zero attached hydrogens (tertiary/aromatic N) is 1. The fraction of sp³-hybridized carbons (Fsp3) is 0.500. The standard InChI is InChI=1S/C20H26ClN3O6S/c1-5-12(14-9-6-10(2)30-14)22-15-16(19(27)18(15)26)23-13-8-7-11(21)20(17(13)25)31(28)24(3)29-4/h7-8,10,12,14,22-23,25H,5-6,9H2,1-4H3. The van der Waals surface area contributed by atoms with Gasteiger partial charge in [0.05, 0.1) is 36.1 Å². The van der Waals surface area contributed by atoms with Crippen molar-refractivity contribution < 1.29 is 18.9 Å². The van der Waals surface area contributed by atoms with Crippen LogP contribution in [-0.2, 0) is 20.6 Å². The summed E-state index contributed by atoms with van der Waals surface area (Å²) in [5.41, 5.74) is -1.08. The van der Waals surface area contributed by atoms with Crippen LogP contribution in [0.2, 0.25) is 5.02 Å². The summed E-state index contributed by atoms with van der Waals surface area (Å²) >= 11 is 6.11. The number of halogens is 1. The molecule has 9 nitrogen and oxygen atoms in total. The van der Waals surface area contributed by atoms with E-state index >= 15 is 0 Å². The maximum Gasteiger partial charge on any atom is 0.253 e. The van der Waals surface area contributed by atoms with Crippen LogP contribution in [0.1, 0.15) is 33.1 Å². The van der Waals surface area contributed by atoms with Crippen LogP contribution in [0, 0.1) is 0 Å². The van der Waals surface area contributed by atoms with Crippen molar-refractivity contribution in [1.82, 2.24) is 4.47 Å². The van der Waals surface area contributed by atoms with Crippen LogP contribution in [0.25, 0.3) is 0 Å². The Balaban J connectivity index is 1.88. The molecule has 0 saturated carbocycles. The molecular formula is C20H26ClN3O6S. The van der Waals surface area contributed by atoms with Gasteiger partial charge in [-0.3, -0.25) is 14.4 Å². The van der Waals surface area contributed by atoms with Gasteiger partial charge < -0.3 is 20.5 Å². The molecule has 0 radical (unpaired) electrons. The van der Waals surface area contributed by atoms with E-state index in [0.717, 1.165) is 17.3 Å². The number of hydrogen-bond donors (Lipinski definition) is 3. The van der Waals surface area contributed by atoms with Gasteiger partial charge in [-0.15, -0.1) is 4.47 Å². The minimum atomic E-state index is -1.91. The lowest BCUT2D eigenvalue weighted by molar-refractivity contribution is -0.0205. The zero-order chi connectivity index (χ0) is 22.9. The Kier molecular flexibility index (Phi) is 7.38. The quantitative estimate of drug-likeness (QED) is 0.290. The molecule has 0 bridgehead atoms. The summed E-state index contributed by atoms with van der Waals surface area (Å²) in [7, 11) is 0.831. The molecule has 2 aromatic carbocycles. The zero-order valence-corrected chi connectivity index (χ0v) is 19.3. The molecule has 1 aliphatic heterocycles. The fourth-order valence-corrected chi connectivity index (χ4v) is 4.82. The molecule has 3 rings (SSSR count). The second-order valence-corrected chi connectivity index (χ2v) is 9.23. The van der Waals surface area contributed by atoms with Crippen LogP contribution in [0.4, 0.5) is 17.1 Å². The third-order valence-electron chi connectivity index (χ3n) is 5.40. The minimum absolute atomic E-state index is 0.0314. The van der Waals surface area contributed by atoms with E-state index in [2.05, 4.69) is 10.6 Å². The van der Waals surface area contributed by atoms with E-state index in [1.165, 1.54) is 26.3 Å². The Morgan fingerprint density at radius 1 is 1.32 bits per heavy atom. The third kappa shape index (κ3) is 4.63. The molecule has 170 valence electrons. The first kappa shape index (κ1) is 23.7. The van der Waals surface area contributed by atoms with Crippen LogP contribution in [0.5, 0.6) is 5.75 Å². The Bertz CT molecular complexity index is 1050. The average Bonchev–Trinajstić information content (AvgIpc) is 3.19. The molecule has 1 heterocycles. The van der Waals surface area contributed by atoms with E-state index in [1.54, 1.807) is 0 Å². The van der Waals surface area contributed by atoms with Crippen molar-refractivity contribution in [3.8, 4) is 5.75 Å². The van der Waals surface area contributed by atoms with Crippen LogP contribution in [-0.4, -0.2) is 46.2 Å². The molecule has 1 fully saturated rings. The molecule has 4 atom stereocenters. The van der Waals surface area contributed by atoms with Gasteiger partial charge in [0.2, 0.25) is 0 Å². The van der Waals surface area contributed by atoms with E-state index in [-0.39, 0.29) is 45.2 Å². The number of anilines is 3. The molecule has 1 saturated heterocycles. The summed E-state index contributed by atoms with van der Waals surface area (Å²) in [6, 6.07) is 2.73. The molecule has 11 heteroatoms. The van der Waals surface area contributed by atoms with Gasteiger partial charge in [-0.1, -0.05) is 18.5 Å². The number of phenolic OH excluding ortho intramolecular Hbond substituents is 1. The summed E-state index contributed by atoms with van der Waals surface area (Å²) in [6.45, 7) is 3.98. The highest BCUT2D eigenvalue weighted by molar-refractivity contribution is 7.82. The molecule has 0 spiro atoms. The van der Waals surface area contributed by atoms with E-state index in [9.17, 15) is 18.9 Å². The number of phenols is 1. The highest BCUT2D eigenvalue weighted by atomic mass is 35.5. The van der Waals surface area contributed by atoms with Gasteiger partial charge >= 0.3 is 0 Å². The molecule has 31 heavy (non-hydrogen) atoms. The number of aromatic hydroxyl groups is 1. The fourth-order valence-electron chi connectivity index (χ4n) is 3.57. The smallest absolute Gasteiger partial charge is 0.253 e. The monoisotopic (exact) mass is 471 g/mol. The summed E-state index contributed by atoms with van der Waals surface area (Å²) in [4.78, 5) is 29.3. The topological polar surface area (TPSA) is 117 Å². The Hall–Kier alpha value is -1.98. The number of ether oxygens (including phenoxy) is 1. The van der Waals surface area contributed by atoms with Crippen LogP contribution in [0.3, 0.4) is 0 Å². The number of hydroxylamine groups is 1. The predicted molar refractivity (Wildman–Crippen MR) is 120 cm³/mol. The second kappa shape index (κ2) is 9.66. The van der Waals surface area contributed by atoms with Gasteiger partial charge in [-0.05, 0) is 38.3 Å². The lowest BCUT2D eigenvalue weighted by Gasteiger charge is -2.26. The Morgan fingerprint density at radius 3 is 2.58 bits per heavy atom. The van der Waals surface area contributed by atoms with Crippen molar-refractivity contribution in [2.24, 2.45) is 0 Å². The highest BCUT2D eigenvalue weighted by Crippen LogP contribution is 2.38. The van der Waals surface area contributed by atoms with Crippen molar-refractivity contribution in [1.29, 1.82) is 0 Å². The maximum atomic E-state index is 12.6. The summed E-state index contributed by atoms with van der Waals surface area (Å²) in [5, 5.41) is 16.6. The van der Waals surface area contributed by atoms with E-state index in [0.29, 0.717) is 6.42 Å². The zero-order valence-electron chi connectivity index (χ0n) is 17.7. The molecule has 0 aliphatic carbocycles. The number of rotatable bonds is 9. The van der Waals surface area contributed by atoms with Gasteiger partial charge in [-0.2, -0.15) is 0 Å². The summed E-state index contributed by atoms with van der Waals surface area (Å²) in [5.74, 6) is -0.409. The predicted octanol–water partition coefficient (Wildman–Crippen LogP) is 2.66. The molecule has 1 aliphatic rings. The maximum absolute atomic E-state index is 12.6. The molecule has 0 aromatic heterocycles. The molecular weight excluding hydrogens is 446 g/mol. The van der Waals surface area contributed by atoms with Crippen LogP contribution >= 0.6 is 11.6 Å². The van der Waals surface area contributed by atoms with Gasteiger partial charge in [-0.25, -0.2) is 4.21 Å². The average molecular weight is 472 g/mol. The van der Waals surface area contributed by atoms with E-state index in [4.69, 9.17) is 21.2 Å². The lowest BCUT2D eigenvalue weighted by Crippen LogP contribution is -2.42. The number of nitrogens with one attached hydrogen (secondary N) is 2. The number of benzene rings is 1. The van der Waals surface area contributed by atoms with Crippen LogP contribution < -0.4 is 21.5 Å². The van der Waals surface area contributed by atoms with Crippen molar-refractivity contribution in [3.05, 3.63) is 37.6 Å². The first-order chi connectivity index (χ1) is 14.7. The molecule has 3 N–H and O–H groups in total. The second-order valence-electron chi connectivity index (χ2n) is 7.40. The lowest BCUT2D eigenvalue weighted by atomic mass is 10.0. The molecule has 4 unspecified atom stereocenters. The first-order valence-electron chi connectivity index (χ1n) is 9.93. The Morgan fingerprint density at radius 2 is 2.00 bits per heavy atom. The minimum Gasteiger partial charge on any atom is -0.504 e. The van der Waals surface area contributed by atoms with Crippen LogP contribution in [0.15, 0.2) is 26.6 Å². The highest BCUT2D eigenvalue weighted by Gasteiger charge is 2.32. The van der Waals surface area contributed by atoms with E-state index in [1.807, 2.05) is 13.8 Å². The van der Waals surface area contributed by atoms with Crippen molar-refractivity contribution in [2.45, 2.75) is 56.3 Å². The van der Waals surface area contributed by atoms with Crippen molar-refractivity contribution in [3.63, 3.8) is 0 Å². The van der Waals surface area contributed by atoms with Crippen molar-refractivity contribution in [2.75, 3.05) is 24.8 Å². The molecule has 2 aromatic rings. The van der Waals surface area contributed by atoms with Gasteiger partial charge in [0, 0.05) is 7.05 Å². The molecule has 0 amide bonds. The third-order valence-corrected chi connectivity index (χ3v) is 7.21. The van der Waals surface area contributed by atoms with E-state index < -0.39 is 27.6 Å². The van der Waals surface area contributed by atoms with Gasteiger partial charge in [0.25, 0.3) is 10.9 Å². The largest absolute Gasteiger partial charge is 0.504 e. The first-order valence-corrected chi connectivity index (χ1v) is 11.4. The summed E-state index contributed by atoms with van der Waals surface area (Å²) in [6.07, 6.45) is 2.61. The number of hydrogen-bond acceptors (Lipinski definition) is 8. The van der Waals surface area contributed by atoms with Crippen molar-refractivity contribution >= 4 is 39.6 Å². The Labute approximate surface area is 187 Å². The SMILES string of the molecule is CCC(Nc1c(Nc2ccc(Cl)c(S(=O)N(C)OC)c2O)c(=O)c1=O)C1CCC(C)O1.